The van der Waals surface area contributed by atoms with E-state index in [1.54, 1.807) is 0 Å². The van der Waals surface area contributed by atoms with E-state index in [1.165, 1.54) is 51.4 Å². The second-order valence-electron chi connectivity index (χ2n) is 6.49. The quantitative estimate of drug-likeness (QED) is 0.610. The van der Waals surface area contributed by atoms with Crippen molar-refractivity contribution in [2.24, 2.45) is 17.3 Å². The van der Waals surface area contributed by atoms with E-state index in [-0.39, 0.29) is 0 Å². The normalized spacial score (nSPS) is 47.0. The largest absolute Gasteiger partial charge is 0.0890 e. The highest BCUT2D eigenvalue weighted by molar-refractivity contribution is 9.09. The molecule has 0 aromatic rings. The molecule has 4 unspecified atom stereocenters. The van der Waals surface area contributed by atoms with Crippen LogP contribution in [0.1, 0.15) is 65.2 Å². The first-order valence-corrected chi connectivity index (χ1v) is 7.63. The van der Waals surface area contributed by atoms with E-state index in [1.807, 2.05) is 0 Å². The van der Waals surface area contributed by atoms with E-state index >= 15 is 0 Å². The molecule has 88 valence electrons. The van der Waals surface area contributed by atoms with Crippen LogP contribution in [-0.2, 0) is 0 Å². The van der Waals surface area contributed by atoms with E-state index in [2.05, 4.69) is 29.8 Å². The molecule has 0 radical (unpaired) electrons. The minimum atomic E-state index is 0.663. The van der Waals surface area contributed by atoms with Gasteiger partial charge in [0.05, 0.1) is 0 Å². The van der Waals surface area contributed by atoms with E-state index in [9.17, 15) is 0 Å². The van der Waals surface area contributed by atoms with Crippen molar-refractivity contribution in [3.63, 3.8) is 0 Å². The highest BCUT2D eigenvalue weighted by Crippen LogP contribution is 2.47. The van der Waals surface area contributed by atoms with Crippen molar-refractivity contribution in [2.45, 2.75) is 70.0 Å². The first-order chi connectivity index (χ1) is 7.07. The third kappa shape index (κ3) is 3.22. The maximum atomic E-state index is 3.79. The summed E-state index contributed by atoms with van der Waals surface area (Å²) in [6.07, 6.45) is 11.7. The Morgan fingerprint density at radius 3 is 2.67 bits per heavy atom. The van der Waals surface area contributed by atoms with E-state index in [4.69, 9.17) is 0 Å². The summed E-state index contributed by atoms with van der Waals surface area (Å²) in [6.45, 7) is 4.96. The fourth-order valence-corrected chi connectivity index (χ4v) is 4.88. The molecule has 0 spiro atoms. The molecule has 2 aliphatic carbocycles. The molecule has 0 N–H and O–H groups in total. The van der Waals surface area contributed by atoms with Gasteiger partial charge in [-0.3, -0.25) is 0 Å². The zero-order chi connectivity index (χ0) is 10.9. The Morgan fingerprint density at radius 2 is 2.07 bits per heavy atom. The molecule has 0 heterocycles. The van der Waals surface area contributed by atoms with Gasteiger partial charge in [-0.25, -0.2) is 0 Å². The lowest BCUT2D eigenvalue weighted by atomic mass is 9.72. The molecule has 2 fully saturated rings. The fraction of sp³-hybridized carbons (Fsp3) is 1.00. The van der Waals surface area contributed by atoms with Gasteiger partial charge in [0.15, 0.2) is 0 Å². The molecule has 0 aromatic heterocycles. The summed E-state index contributed by atoms with van der Waals surface area (Å²) >= 11 is 3.79. The Hall–Kier alpha value is 0.480. The Labute approximate surface area is 103 Å². The second-order valence-corrected chi connectivity index (χ2v) is 7.79. The van der Waals surface area contributed by atoms with Gasteiger partial charge in [0.25, 0.3) is 0 Å². The molecule has 0 aromatic carbocycles. The van der Waals surface area contributed by atoms with Gasteiger partial charge in [-0.2, -0.15) is 0 Å². The minimum absolute atomic E-state index is 0.663. The molecular formula is C14H25Br. The van der Waals surface area contributed by atoms with E-state index < -0.39 is 0 Å². The third-order valence-corrected chi connectivity index (χ3v) is 5.38. The molecule has 0 bridgehead atoms. The van der Waals surface area contributed by atoms with E-state index in [0.717, 1.165) is 16.7 Å². The van der Waals surface area contributed by atoms with Crippen LogP contribution in [0.25, 0.3) is 0 Å². The van der Waals surface area contributed by atoms with Crippen LogP contribution >= 0.6 is 15.9 Å². The summed E-state index contributed by atoms with van der Waals surface area (Å²) < 4.78 is 0. The molecule has 2 rings (SSSR count). The predicted octanol–water partition coefficient (Wildman–Crippen LogP) is 5.16. The van der Waals surface area contributed by atoms with Crippen LogP contribution in [0.5, 0.6) is 0 Å². The summed E-state index contributed by atoms with van der Waals surface area (Å²) in [7, 11) is 0. The standard InChI is InChI=1S/C14H25Br/c1-11-4-3-5-12(8-11)9-14(2)7-6-13(15)10-14/h11-13H,3-10H2,1-2H3. The second kappa shape index (κ2) is 4.77. The van der Waals surface area contributed by atoms with Gasteiger partial charge >= 0.3 is 0 Å². The van der Waals surface area contributed by atoms with Gasteiger partial charge in [0.1, 0.15) is 0 Å². The Balaban J connectivity index is 1.85. The average molecular weight is 273 g/mol. The maximum Gasteiger partial charge on any atom is 0.0151 e. The van der Waals surface area contributed by atoms with Gasteiger partial charge < -0.3 is 0 Å². The summed E-state index contributed by atoms with van der Waals surface area (Å²) in [5, 5.41) is 0. The zero-order valence-electron chi connectivity index (χ0n) is 10.3. The summed E-state index contributed by atoms with van der Waals surface area (Å²) in [5.74, 6) is 2.03. The molecule has 0 saturated heterocycles. The van der Waals surface area contributed by atoms with Crippen LogP contribution in [0.15, 0.2) is 0 Å². The number of hydrogen-bond acceptors (Lipinski definition) is 0. The van der Waals surface area contributed by atoms with Crippen molar-refractivity contribution in [1.29, 1.82) is 0 Å². The molecule has 0 aliphatic heterocycles. The molecular weight excluding hydrogens is 248 g/mol. The number of rotatable bonds is 2. The first kappa shape index (κ1) is 12.0. The van der Waals surface area contributed by atoms with Crippen LogP contribution in [0, 0.1) is 17.3 Å². The smallest absolute Gasteiger partial charge is 0.0151 e. The lowest BCUT2D eigenvalue weighted by molar-refractivity contribution is 0.182. The summed E-state index contributed by atoms with van der Waals surface area (Å²) in [4.78, 5) is 0.809. The van der Waals surface area contributed by atoms with Crippen LogP contribution in [-0.4, -0.2) is 4.83 Å². The predicted molar refractivity (Wildman–Crippen MR) is 70.4 cm³/mol. The third-order valence-electron chi connectivity index (χ3n) is 4.60. The fourth-order valence-electron chi connectivity index (χ4n) is 3.87. The van der Waals surface area contributed by atoms with Crippen LogP contribution in [0.4, 0.5) is 0 Å². The van der Waals surface area contributed by atoms with Gasteiger partial charge in [0, 0.05) is 4.83 Å². The van der Waals surface area contributed by atoms with Gasteiger partial charge in [-0.05, 0) is 49.4 Å². The van der Waals surface area contributed by atoms with Crippen LogP contribution in [0.2, 0.25) is 0 Å². The molecule has 4 atom stereocenters. The highest BCUT2D eigenvalue weighted by Gasteiger charge is 2.36. The zero-order valence-corrected chi connectivity index (χ0v) is 11.9. The molecule has 0 nitrogen and oxygen atoms in total. The van der Waals surface area contributed by atoms with Crippen LogP contribution in [0.3, 0.4) is 0 Å². The van der Waals surface area contributed by atoms with Gasteiger partial charge in [-0.1, -0.05) is 49.0 Å². The molecule has 0 amide bonds. The van der Waals surface area contributed by atoms with E-state index in [0.29, 0.717) is 5.41 Å². The minimum Gasteiger partial charge on any atom is -0.0890 e. The number of halogens is 1. The topological polar surface area (TPSA) is 0 Å². The Bertz CT molecular complexity index is 213. The molecule has 1 heteroatoms. The maximum absolute atomic E-state index is 3.79. The summed E-state index contributed by atoms with van der Waals surface area (Å²) in [6, 6.07) is 0. The molecule has 15 heavy (non-hydrogen) atoms. The lowest BCUT2D eigenvalue weighted by Gasteiger charge is -2.34. The lowest BCUT2D eigenvalue weighted by Crippen LogP contribution is -2.22. The van der Waals surface area contributed by atoms with Crippen molar-refractivity contribution in [3.8, 4) is 0 Å². The van der Waals surface area contributed by atoms with Crippen molar-refractivity contribution in [3.05, 3.63) is 0 Å². The Kier molecular flexibility index (Phi) is 3.80. The Morgan fingerprint density at radius 1 is 1.27 bits per heavy atom. The molecule has 2 aliphatic rings. The average Bonchev–Trinajstić information content (AvgIpc) is 2.45. The van der Waals surface area contributed by atoms with Crippen molar-refractivity contribution in [2.75, 3.05) is 0 Å². The summed E-state index contributed by atoms with van der Waals surface area (Å²) in [5.41, 5.74) is 0.663. The first-order valence-electron chi connectivity index (χ1n) is 6.71. The van der Waals surface area contributed by atoms with Gasteiger partial charge in [-0.15, -0.1) is 0 Å². The monoisotopic (exact) mass is 272 g/mol. The van der Waals surface area contributed by atoms with Crippen LogP contribution < -0.4 is 0 Å². The van der Waals surface area contributed by atoms with Crippen molar-refractivity contribution >= 4 is 15.9 Å². The van der Waals surface area contributed by atoms with Crippen molar-refractivity contribution in [1.82, 2.24) is 0 Å². The van der Waals surface area contributed by atoms with Crippen molar-refractivity contribution < 1.29 is 0 Å². The number of alkyl halides is 1. The SMILES string of the molecule is CC1CCCC(CC2(C)CCC(Br)C2)C1. The number of hydrogen-bond donors (Lipinski definition) is 0. The van der Waals surface area contributed by atoms with Gasteiger partial charge in [0.2, 0.25) is 0 Å². The highest BCUT2D eigenvalue weighted by atomic mass is 79.9. The molecule has 2 saturated carbocycles.